The molecule has 98 valence electrons. The topological polar surface area (TPSA) is 54.7 Å². The minimum atomic E-state index is 0.595. The van der Waals surface area contributed by atoms with Crippen LogP contribution < -0.4 is 5.73 Å². The lowest BCUT2D eigenvalue weighted by Crippen LogP contribution is -1.99. The predicted molar refractivity (Wildman–Crippen MR) is 77.0 cm³/mol. The molecule has 1 heterocycles. The number of fused-ring (bicyclic) bond motifs is 1. The molecule has 1 aromatic heterocycles. The molecule has 0 saturated heterocycles. The summed E-state index contributed by atoms with van der Waals surface area (Å²) in [6, 6.07) is 7.84. The first kappa shape index (κ1) is 11.4. The number of benzene rings is 1. The van der Waals surface area contributed by atoms with E-state index in [9.17, 15) is 0 Å². The Morgan fingerprint density at radius 3 is 2.47 bits per heavy atom. The van der Waals surface area contributed by atoms with E-state index in [0.29, 0.717) is 11.7 Å². The number of aromatic amines is 1. The average Bonchev–Trinajstić information content (AvgIpc) is 2.84. The van der Waals surface area contributed by atoms with Gasteiger partial charge in [0.2, 0.25) is 0 Å². The van der Waals surface area contributed by atoms with Crippen LogP contribution in [0.5, 0.6) is 0 Å². The minimum absolute atomic E-state index is 0.595. The maximum Gasteiger partial charge on any atom is 0.153 e. The molecule has 1 aromatic carbocycles. The Hall–Kier alpha value is -1.48. The zero-order chi connectivity index (χ0) is 13.0. The summed E-state index contributed by atoms with van der Waals surface area (Å²) >= 11 is 5.95. The number of hydrogen-bond acceptors (Lipinski definition) is 2. The van der Waals surface area contributed by atoms with Gasteiger partial charge in [-0.25, -0.2) is 0 Å². The molecular weight excluding hydrogens is 258 g/mol. The van der Waals surface area contributed by atoms with Crippen LogP contribution in [0, 0.1) is 11.8 Å². The molecule has 3 nitrogen and oxygen atoms in total. The number of nitrogens with two attached hydrogens (primary N) is 1. The van der Waals surface area contributed by atoms with Gasteiger partial charge in [0.1, 0.15) is 0 Å². The number of rotatable bonds is 2. The third kappa shape index (κ3) is 1.84. The number of aromatic nitrogens is 2. The van der Waals surface area contributed by atoms with Gasteiger partial charge < -0.3 is 5.73 Å². The van der Waals surface area contributed by atoms with Crippen LogP contribution in [0.3, 0.4) is 0 Å². The van der Waals surface area contributed by atoms with E-state index < -0.39 is 0 Å². The average molecular weight is 274 g/mol. The zero-order valence-electron chi connectivity index (χ0n) is 10.6. The maximum absolute atomic E-state index is 6.05. The third-order valence-corrected chi connectivity index (χ3v) is 4.86. The highest BCUT2D eigenvalue weighted by Gasteiger charge is 2.47. The normalized spacial score (nSPS) is 28.4. The van der Waals surface area contributed by atoms with E-state index in [0.717, 1.165) is 28.0 Å². The molecule has 0 aliphatic heterocycles. The maximum atomic E-state index is 6.05. The lowest BCUT2D eigenvalue weighted by atomic mass is 9.93. The molecular formula is C15H16ClN3. The van der Waals surface area contributed by atoms with Crippen molar-refractivity contribution in [1.82, 2.24) is 10.2 Å². The molecule has 0 amide bonds. The summed E-state index contributed by atoms with van der Waals surface area (Å²) in [6.07, 6.45) is 4.00. The lowest BCUT2D eigenvalue weighted by Gasteiger charge is -2.12. The van der Waals surface area contributed by atoms with E-state index in [1.165, 1.54) is 25.0 Å². The van der Waals surface area contributed by atoms with Gasteiger partial charge in [-0.05, 0) is 48.8 Å². The van der Waals surface area contributed by atoms with Crippen molar-refractivity contribution in [3.63, 3.8) is 0 Å². The van der Waals surface area contributed by atoms with Crippen molar-refractivity contribution in [3.8, 4) is 11.1 Å². The monoisotopic (exact) mass is 273 g/mol. The first-order chi connectivity index (χ1) is 9.22. The summed E-state index contributed by atoms with van der Waals surface area (Å²) in [6.45, 7) is 0. The van der Waals surface area contributed by atoms with Crippen LogP contribution in [0.1, 0.15) is 30.9 Å². The van der Waals surface area contributed by atoms with Gasteiger partial charge in [-0.15, -0.1) is 0 Å². The summed E-state index contributed by atoms with van der Waals surface area (Å²) in [5, 5.41) is 8.13. The highest BCUT2D eigenvalue weighted by atomic mass is 35.5. The first-order valence-corrected chi connectivity index (χ1v) is 7.20. The van der Waals surface area contributed by atoms with Crippen molar-refractivity contribution in [2.24, 2.45) is 11.8 Å². The molecule has 19 heavy (non-hydrogen) atoms. The highest BCUT2D eigenvalue weighted by molar-refractivity contribution is 6.30. The zero-order valence-corrected chi connectivity index (χ0v) is 11.3. The Labute approximate surface area is 117 Å². The molecule has 2 saturated carbocycles. The van der Waals surface area contributed by atoms with E-state index in [1.54, 1.807) is 0 Å². The second kappa shape index (κ2) is 4.01. The summed E-state index contributed by atoms with van der Waals surface area (Å²) in [7, 11) is 0. The molecule has 0 spiro atoms. The highest BCUT2D eigenvalue weighted by Crippen LogP contribution is 2.58. The Kier molecular flexibility index (Phi) is 2.39. The second-order valence-corrected chi connectivity index (χ2v) is 6.27. The Morgan fingerprint density at radius 1 is 1.11 bits per heavy atom. The summed E-state index contributed by atoms with van der Waals surface area (Å²) < 4.78 is 0. The Balaban J connectivity index is 1.74. The first-order valence-electron chi connectivity index (χ1n) is 6.82. The Bertz CT molecular complexity index is 607. The van der Waals surface area contributed by atoms with Crippen molar-refractivity contribution in [2.45, 2.75) is 25.2 Å². The number of H-pyrrole nitrogens is 1. The van der Waals surface area contributed by atoms with Gasteiger partial charge in [-0.1, -0.05) is 23.7 Å². The van der Waals surface area contributed by atoms with Crippen LogP contribution in [0.25, 0.3) is 11.1 Å². The summed E-state index contributed by atoms with van der Waals surface area (Å²) in [5.74, 6) is 3.09. The Morgan fingerprint density at radius 2 is 1.79 bits per heavy atom. The quantitative estimate of drug-likeness (QED) is 0.874. The van der Waals surface area contributed by atoms with Crippen LogP contribution in [0.2, 0.25) is 5.02 Å². The largest absolute Gasteiger partial charge is 0.382 e. The van der Waals surface area contributed by atoms with Crippen molar-refractivity contribution in [2.75, 3.05) is 5.73 Å². The van der Waals surface area contributed by atoms with Crippen molar-refractivity contribution in [3.05, 3.63) is 35.0 Å². The van der Waals surface area contributed by atoms with Crippen LogP contribution in [-0.2, 0) is 0 Å². The van der Waals surface area contributed by atoms with E-state index >= 15 is 0 Å². The molecule has 2 fully saturated rings. The van der Waals surface area contributed by atoms with Gasteiger partial charge in [-0.3, -0.25) is 5.10 Å². The molecule has 4 heteroatoms. The molecule has 0 radical (unpaired) electrons. The number of nitrogens with zero attached hydrogens (tertiary/aromatic N) is 1. The van der Waals surface area contributed by atoms with Gasteiger partial charge in [0.05, 0.1) is 0 Å². The van der Waals surface area contributed by atoms with Crippen LogP contribution >= 0.6 is 11.6 Å². The fourth-order valence-electron chi connectivity index (χ4n) is 3.54. The summed E-state index contributed by atoms with van der Waals surface area (Å²) in [5.41, 5.74) is 9.44. The van der Waals surface area contributed by atoms with Crippen molar-refractivity contribution in [1.29, 1.82) is 0 Å². The van der Waals surface area contributed by atoms with E-state index in [-0.39, 0.29) is 0 Å². The van der Waals surface area contributed by atoms with Crippen LogP contribution in [0.4, 0.5) is 5.82 Å². The van der Waals surface area contributed by atoms with E-state index in [4.69, 9.17) is 17.3 Å². The molecule has 2 aromatic rings. The number of nitrogens with one attached hydrogen (secondary N) is 1. The van der Waals surface area contributed by atoms with E-state index in [1.807, 2.05) is 24.3 Å². The van der Waals surface area contributed by atoms with Gasteiger partial charge in [0.25, 0.3) is 0 Å². The summed E-state index contributed by atoms with van der Waals surface area (Å²) in [4.78, 5) is 0. The third-order valence-electron chi connectivity index (χ3n) is 4.61. The number of nitrogen functional groups attached to an aromatic ring is 1. The fraction of sp³-hybridized carbons (Fsp3) is 0.400. The SMILES string of the molecule is Nc1n[nH]c(C2CC3CC3C2)c1-c1ccc(Cl)cc1. The minimum Gasteiger partial charge on any atom is -0.382 e. The molecule has 2 atom stereocenters. The predicted octanol–water partition coefficient (Wildman–Crippen LogP) is 3.83. The van der Waals surface area contributed by atoms with Crippen molar-refractivity contribution >= 4 is 17.4 Å². The molecule has 2 unspecified atom stereocenters. The van der Waals surface area contributed by atoms with Crippen LogP contribution in [-0.4, -0.2) is 10.2 Å². The van der Waals surface area contributed by atoms with E-state index in [2.05, 4.69) is 10.2 Å². The molecule has 2 aliphatic carbocycles. The standard InChI is InChI=1S/C15H16ClN3/c16-12-3-1-8(2-4-12)13-14(18-19-15(13)17)11-6-9-5-10(9)7-11/h1-4,9-11H,5-7H2,(H3,17,18,19). The lowest BCUT2D eigenvalue weighted by molar-refractivity contribution is 0.607. The number of anilines is 1. The fourth-order valence-corrected chi connectivity index (χ4v) is 3.66. The molecule has 0 bridgehead atoms. The van der Waals surface area contributed by atoms with Crippen LogP contribution in [0.15, 0.2) is 24.3 Å². The molecule has 3 N–H and O–H groups in total. The van der Waals surface area contributed by atoms with Gasteiger partial charge in [-0.2, -0.15) is 5.10 Å². The molecule has 4 rings (SSSR count). The smallest absolute Gasteiger partial charge is 0.153 e. The molecule has 2 aliphatic rings. The van der Waals surface area contributed by atoms with Gasteiger partial charge >= 0.3 is 0 Å². The van der Waals surface area contributed by atoms with Gasteiger partial charge in [0, 0.05) is 22.2 Å². The van der Waals surface area contributed by atoms with Crippen molar-refractivity contribution < 1.29 is 0 Å². The number of halogens is 1. The second-order valence-electron chi connectivity index (χ2n) is 5.83. The number of hydrogen-bond donors (Lipinski definition) is 2. The van der Waals surface area contributed by atoms with Gasteiger partial charge in [0.15, 0.2) is 5.82 Å².